The summed E-state index contributed by atoms with van der Waals surface area (Å²) in [6.07, 6.45) is 0. The van der Waals surface area contributed by atoms with Crippen LogP contribution < -0.4 is 10.1 Å². The Bertz CT molecular complexity index is 661. The van der Waals surface area contributed by atoms with E-state index < -0.39 is 5.82 Å². The summed E-state index contributed by atoms with van der Waals surface area (Å²) in [6.45, 7) is 3.81. The van der Waals surface area contributed by atoms with E-state index in [0.29, 0.717) is 11.3 Å². The predicted octanol–water partition coefficient (Wildman–Crippen LogP) is 4.78. The van der Waals surface area contributed by atoms with Gasteiger partial charge in [0, 0.05) is 16.1 Å². The van der Waals surface area contributed by atoms with Crippen molar-refractivity contribution in [3.63, 3.8) is 0 Å². The Morgan fingerprint density at radius 2 is 2.00 bits per heavy atom. The van der Waals surface area contributed by atoms with Crippen LogP contribution in [0.25, 0.3) is 0 Å². The highest BCUT2D eigenvalue weighted by atomic mass is 79.9. The van der Waals surface area contributed by atoms with E-state index in [1.165, 1.54) is 6.07 Å². The van der Waals surface area contributed by atoms with Gasteiger partial charge in [0.15, 0.2) is 0 Å². The molecule has 0 aliphatic carbocycles. The Hall–Kier alpha value is -1.75. The summed E-state index contributed by atoms with van der Waals surface area (Å²) in [7, 11) is 1.60. The van der Waals surface area contributed by atoms with Crippen LogP contribution in [-0.4, -0.2) is 12.2 Å². The highest BCUT2D eigenvalue weighted by Crippen LogP contribution is 2.35. The number of methoxy groups -OCH3 is 1. The molecule has 0 bridgehead atoms. The molecule has 2 aromatic rings. The van der Waals surface area contributed by atoms with Crippen molar-refractivity contribution in [2.75, 3.05) is 12.4 Å². The fourth-order valence-electron chi connectivity index (χ4n) is 2.22. The first-order chi connectivity index (χ1) is 9.92. The van der Waals surface area contributed by atoms with Crippen LogP contribution in [-0.2, 0) is 0 Å². The minimum atomic E-state index is -0.441. The molecule has 0 spiro atoms. The lowest BCUT2D eigenvalue weighted by Gasteiger charge is -2.20. The molecule has 2 rings (SSSR count). The average Bonchev–Trinajstić information content (AvgIpc) is 2.41. The van der Waals surface area contributed by atoms with Gasteiger partial charge in [-0.3, -0.25) is 0 Å². The molecule has 1 unspecified atom stereocenters. The minimum Gasteiger partial charge on any atom is -0.508 e. The Kier molecular flexibility index (Phi) is 4.73. The van der Waals surface area contributed by atoms with Crippen LogP contribution in [0, 0.1) is 12.7 Å². The molecule has 0 radical (unpaired) electrons. The van der Waals surface area contributed by atoms with E-state index in [4.69, 9.17) is 4.74 Å². The number of hydrogen-bond donors (Lipinski definition) is 2. The molecule has 0 amide bonds. The molecule has 2 aromatic carbocycles. The lowest BCUT2D eigenvalue weighted by molar-refractivity contribution is 0.415. The number of phenols is 1. The molecule has 0 saturated carbocycles. The van der Waals surface area contributed by atoms with Gasteiger partial charge in [-0.2, -0.15) is 0 Å². The monoisotopic (exact) mass is 353 g/mol. The summed E-state index contributed by atoms with van der Waals surface area (Å²) in [5.41, 5.74) is 2.30. The van der Waals surface area contributed by atoms with Gasteiger partial charge in [-0.05, 0) is 37.6 Å². The first-order valence-electron chi connectivity index (χ1n) is 6.51. The highest BCUT2D eigenvalue weighted by molar-refractivity contribution is 9.10. The largest absolute Gasteiger partial charge is 0.508 e. The number of ether oxygens (including phenoxy) is 1. The van der Waals surface area contributed by atoms with Crippen LogP contribution in [0.4, 0.5) is 10.1 Å². The minimum absolute atomic E-state index is 0.0825. The molecular formula is C16H17BrFNO2. The van der Waals surface area contributed by atoms with Crippen LogP contribution in [0.2, 0.25) is 0 Å². The average molecular weight is 354 g/mol. The number of aryl methyl sites for hydroxylation is 1. The molecule has 112 valence electrons. The van der Waals surface area contributed by atoms with Crippen LogP contribution >= 0.6 is 15.9 Å². The van der Waals surface area contributed by atoms with Crippen molar-refractivity contribution < 1.29 is 14.2 Å². The maximum atomic E-state index is 13.9. The van der Waals surface area contributed by atoms with Gasteiger partial charge in [-0.15, -0.1) is 0 Å². The molecule has 0 heterocycles. The molecule has 0 aromatic heterocycles. The van der Waals surface area contributed by atoms with Gasteiger partial charge in [0.05, 0.1) is 18.8 Å². The summed E-state index contributed by atoms with van der Waals surface area (Å²) in [5.74, 6) is 0.164. The molecule has 1 atom stereocenters. The van der Waals surface area contributed by atoms with Crippen molar-refractivity contribution in [3.05, 3.63) is 51.7 Å². The summed E-state index contributed by atoms with van der Waals surface area (Å²) in [6, 6.07) is 7.71. The maximum absolute atomic E-state index is 13.9. The van der Waals surface area contributed by atoms with Crippen molar-refractivity contribution in [1.29, 1.82) is 0 Å². The number of phenolic OH excluding ortho intramolecular Hbond substituents is 1. The zero-order chi connectivity index (χ0) is 15.6. The number of rotatable bonds is 4. The topological polar surface area (TPSA) is 41.5 Å². The van der Waals surface area contributed by atoms with E-state index >= 15 is 0 Å². The van der Waals surface area contributed by atoms with Crippen molar-refractivity contribution in [2.24, 2.45) is 0 Å². The van der Waals surface area contributed by atoms with Gasteiger partial charge in [-0.1, -0.05) is 22.0 Å². The zero-order valence-electron chi connectivity index (χ0n) is 12.1. The third-order valence-corrected chi connectivity index (χ3v) is 3.75. The van der Waals surface area contributed by atoms with Gasteiger partial charge in [-0.25, -0.2) is 4.39 Å². The molecule has 0 aliphatic heterocycles. The maximum Gasteiger partial charge on any atom is 0.143 e. The quantitative estimate of drug-likeness (QED) is 0.830. The van der Waals surface area contributed by atoms with Crippen molar-refractivity contribution >= 4 is 21.6 Å². The van der Waals surface area contributed by atoms with E-state index in [1.807, 2.05) is 26.0 Å². The molecule has 2 N–H and O–H groups in total. The lowest BCUT2D eigenvalue weighted by Crippen LogP contribution is -2.10. The SMILES string of the molecule is COc1cc(Br)cc(C)c1NC(C)c1ccc(O)cc1F. The van der Waals surface area contributed by atoms with Crippen LogP contribution in [0.15, 0.2) is 34.8 Å². The first-order valence-corrected chi connectivity index (χ1v) is 7.30. The van der Waals surface area contributed by atoms with E-state index in [0.717, 1.165) is 21.8 Å². The number of benzene rings is 2. The third kappa shape index (κ3) is 3.47. The predicted molar refractivity (Wildman–Crippen MR) is 85.5 cm³/mol. The molecule has 0 saturated heterocycles. The lowest BCUT2D eigenvalue weighted by atomic mass is 10.1. The number of halogens is 2. The Balaban J connectivity index is 2.33. The molecule has 5 heteroatoms. The normalized spacial score (nSPS) is 12.0. The van der Waals surface area contributed by atoms with Gasteiger partial charge >= 0.3 is 0 Å². The van der Waals surface area contributed by atoms with E-state index in [1.54, 1.807) is 13.2 Å². The van der Waals surface area contributed by atoms with Gasteiger partial charge < -0.3 is 15.2 Å². The number of aromatic hydroxyl groups is 1. The van der Waals surface area contributed by atoms with E-state index in [-0.39, 0.29) is 11.8 Å². The molecule has 3 nitrogen and oxygen atoms in total. The van der Waals surface area contributed by atoms with Gasteiger partial charge in [0.25, 0.3) is 0 Å². The third-order valence-electron chi connectivity index (χ3n) is 3.30. The van der Waals surface area contributed by atoms with E-state index in [9.17, 15) is 9.50 Å². The van der Waals surface area contributed by atoms with Crippen molar-refractivity contribution in [1.82, 2.24) is 0 Å². The van der Waals surface area contributed by atoms with Gasteiger partial charge in [0.1, 0.15) is 17.3 Å². The smallest absolute Gasteiger partial charge is 0.143 e. The fourth-order valence-corrected chi connectivity index (χ4v) is 2.77. The Morgan fingerprint density at radius 1 is 1.29 bits per heavy atom. The second-order valence-electron chi connectivity index (χ2n) is 4.87. The van der Waals surface area contributed by atoms with E-state index in [2.05, 4.69) is 21.2 Å². The molecule has 0 aliphatic rings. The standard InChI is InChI=1S/C16H17BrFNO2/c1-9-6-11(17)7-15(21-3)16(9)19-10(2)13-5-4-12(20)8-14(13)18/h4-8,10,19-20H,1-3H3. The fraction of sp³-hybridized carbons (Fsp3) is 0.250. The van der Waals surface area contributed by atoms with Crippen LogP contribution in [0.5, 0.6) is 11.5 Å². The summed E-state index contributed by atoms with van der Waals surface area (Å²) in [5, 5.41) is 12.5. The summed E-state index contributed by atoms with van der Waals surface area (Å²) in [4.78, 5) is 0. The first kappa shape index (κ1) is 15.6. The van der Waals surface area contributed by atoms with Crippen LogP contribution in [0.1, 0.15) is 24.1 Å². The summed E-state index contributed by atoms with van der Waals surface area (Å²) < 4.78 is 20.2. The molecule has 0 fully saturated rings. The number of hydrogen-bond acceptors (Lipinski definition) is 3. The number of anilines is 1. The second kappa shape index (κ2) is 6.35. The Labute approximate surface area is 131 Å². The van der Waals surface area contributed by atoms with Gasteiger partial charge in [0.2, 0.25) is 0 Å². The second-order valence-corrected chi connectivity index (χ2v) is 5.79. The molecular weight excluding hydrogens is 337 g/mol. The zero-order valence-corrected chi connectivity index (χ0v) is 13.7. The van der Waals surface area contributed by atoms with Crippen molar-refractivity contribution in [2.45, 2.75) is 19.9 Å². The highest BCUT2D eigenvalue weighted by Gasteiger charge is 2.15. The Morgan fingerprint density at radius 3 is 2.62 bits per heavy atom. The molecule has 21 heavy (non-hydrogen) atoms. The van der Waals surface area contributed by atoms with Crippen LogP contribution in [0.3, 0.4) is 0 Å². The number of nitrogens with one attached hydrogen (secondary N) is 1. The van der Waals surface area contributed by atoms with Crippen molar-refractivity contribution in [3.8, 4) is 11.5 Å². The summed E-state index contributed by atoms with van der Waals surface area (Å²) >= 11 is 3.42.